The molecule has 5 unspecified atom stereocenters. The lowest BCUT2D eigenvalue weighted by Crippen LogP contribution is -2.50. The van der Waals surface area contributed by atoms with E-state index in [4.69, 9.17) is 4.74 Å². The molecule has 0 amide bonds. The van der Waals surface area contributed by atoms with Crippen molar-refractivity contribution in [1.29, 1.82) is 0 Å². The van der Waals surface area contributed by atoms with E-state index in [1.54, 1.807) is 6.92 Å². The van der Waals surface area contributed by atoms with Gasteiger partial charge in [-0.25, -0.2) is 8.42 Å². The zero-order valence-corrected chi connectivity index (χ0v) is 9.45. The number of rotatable bonds is 1. The molecule has 0 radical (unpaired) electrons. The third-order valence-corrected chi connectivity index (χ3v) is 5.20. The molecule has 0 spiro atoms. The van der Waals surface area contributed by atoms with Crippen molar-refractivity contribution in [3.8, 4) is 0 Å². The molecule has 4 nitrogen and oxygen atoms in total. The van der Waals surface area contributed by atoms with Crippen molar-refractivity contribution >= 4 is 10.7 Å². The summed E-state index contributed by atoms with van der Waals surface area (Å²) < 4.78 is 27.8. The number of hydrogen-bond acceptors (Lipinski definition) is 4. The van der Waals surface area contributed by atoms with Crippen molar-refractivity contribution in [2.45, 2.75) is 49.7 Å². The predicted molar refractivity (Wildman–Crippen MR) is 51.8 cm³/mol. The average molecular weight is 220 g/mol. The Balaban J connectivity index is 2.43. The first-order valence-corrected chi connectivity index (χ1v) is 6.07. The van der Waals surface area contributed by atoms with Crippen LogP contribution in [0.25, 0.3) is 0 Å². The van der Waals surface area contributed by atoms with Crippen molar-refractivity contribution < 1.29 is 18.3 Å². The number of ether oxygens (including phenoxy) is 1. The summed E-state index contributed by atoms with van der Waals surface area (Å²) in [5.74, 6) is -0.00120. The highest BCUT2D eigenvalue weighted by Gasteiger charge is 2.67. The van der Waals surface area contributed by atoms with Crippen molar-refractivity contribution in [2.24, 2.45) is 5.92 Å². The molecular weight excluding hydrogens is 204 g/mol. The van der Waals surface area contributed by atoms with Crippen LogP contribution in [-0.2, 0) is 15.4 Å². The van der Waals surface area contributed by atoms with Crippen LogP contribution in [0.3, 0.4) is 0 Å². The van der Waals surface area contributed by atoms with Gasteiger partial charge < -0.3 is 9.84 Å². The third-order valence-electron chi connectivity index (χ3n) is 3.99. The topological polar surface area (TPSA) is 63.6 Å². The minimum atomic E-state index is -2.53. The second-order valence-corrected chi connectivity index (χ2v) is 6.03. The van der Waals surface area contributed by atoms with E-state index in [1.807, 2.05) is 13.8 Å². The van der Waals surface area contributed by atoms with E-state index in [2.05, 4.69) is 0 Å². The van der Waals surface area contributed by atoms with E-state index < -0.39 is 33.3 Å². The highest BCUT2D eigenvalue weighted by molar-refractivity contribution is 7.73. The van der Waals surface area contributed by atoms with E-state index in [0.717, 1.165) is 0 Å². The van der Waals surface area contributed by atoms with Gasteiger partial charge in [0.15, 0.2) is 0 Å². The van der Waals surface area contributed by atoms with Gasteiger partial charge in [0.25, 0.3) is 0 Å². The number of aliphatic hydroxyl groups is 1. The zero-order chi connectivity index (χ0) is 10.7. The Kier molecular flexibility index (Phi) is 2.01. The first-order valence-electron chi connectivity index (χ1n) is 4.83. The predicted octanol–water partition coefficient (Wildman–Crippen LogP) is -0.0853. The molecule has 0 aliphatic carbocycles. The Morgan fingerprint density at radius 3 is 2.36 bits per heavy atom. The fraction of sp³-hybridized carbons (Fsp3) is 1.00. The molecule has 0 aromatic rings. The van der Waals surface area contributed by atoms with Crippen LogP contribution in [0.15, 0.2) is 0 Å². The first kappa shape index (κ1) is 10.4. The largest absolute Gasteiger partial charge is 0.390 e. The summed E-state index contributed by atoms with van der Waals surface area (Å²) in [6.07, 6.45) is -0.181. The van der Waals surface area contributed by atoms with Gasteiger partial charge in [0.1, 0.15) is 16.3 Å². The zero-order valence-electron chi connectivity index (χ0n) is 8.56. The molecule has 5 heteroatoms. The van der Waals surface area contributed by atoms with Gasteiger partial charge in [-0.1, -0.05) is 6.92 Å². The smallest absolute Gasteiger partial charge is 0.146 e. The summed E-state index contributed by atoms with van der Waals surface area (Å²) in [6, 6.07) is 0. The molecule has 2 aliphatic heterocycles. The molecule has 2 rings (SSSR count). The van der Waals surface area contributed by atoms with Gasteiger partial charge in [-0.05, 0) is 20.3 Å². The lowest BCUT2D eigenvalue weighted by atomic mass is 9.74. The molecule has 2 aliphatic rings. The van der Waals surface area contributed by atoms with Crippen LogP contribution in [0.1, 0.15) is 27.2 Å². The van der Waals surface area contributed by atoms with Crippen LogP contribution in [0.5, 0.6) is 0 Å². The van der Waals surface area contributed by atoms with Crippen LogP contribution in [0, 0.1) is 5.92 Å². The maximum atomic E-state index is 11.0. The number of hydrogen-bond donors (Lipinski definition) is 2. The summed E-state index contributed by atoms with van der Waals surface area (Å²) in [4.78, 5) is 0. The second-order valence-electron chi connectivity index (χ2n) is 4.84. The van der Waals surface area contributed by atoms with Crippen LogP contribution >= 0.6 is 0 Å². The highest BCUT2D eigenvalue weighted by Crippen LogP contribution is 2.54. The molecular formula is C9H16O4S. The summed E-state index contributed by atoms with van der Waals surface area (Å²) in [5.41, 5.74) is -1.38. The van der Waals surface area contributed by atoms with Crippen molar-refractivity contribution in [2.75, 3.05) is 0 Å². The first-order chi connectivity index (χ1) is 6.31. The van der Waals surface area contributed by atoms with E-state index in [9.17, 15) is 13.5 Å². The Morgan fingerprint density at radius 1 is 1.43 bits per heavy atom. The fourth-order valence-electron chi connectivity index (χ4n) is 2.85. The van der Waals surface area contributed by atoms with Gasteiger partial charge in [0.2, 0.25) is 0 Å². The third kappa shape index (κ3) is 1.03. The fourth-order valence-corrected chi connectivity index (χ4v) is 3.98. The lowest BCUT2D eigenvalue weighted by Gasteiger charge is -2.34. The van der Waals surface area contributed by atoms with Crippen molar-refractivity contribution in [3.63, 3.8) is 0 Å². The van der Waals surface area contributed by atoms with Crippen LogP contribution in [-0.4, -0.2) is 36.1 Å². The van der Waals surface area contributed by atoms with Crippen molar-refractivity contribution in [1.82, 2.24) is 0 Å². The second kappa shape index (κ2) is 2.71. The Bertz CT molecular complexity index is 332. The van der Waals surface area contributed by atoms with Gasteiger partial charge in [-0.15, -0.1) is 0 Å². The standard InChI is InChI=1S/C9H16O4S/c1-5-7(10)9(3)6(14(11)12)4-8(5,2)13-9/h5-7,10,14H,4H2,1-3H3. The van der Waals surface area contributed by atoms with E-state index in [-0.39, 0.29) is 5.92 Å². The molecule has 0 aromatic heterocycles. The molecule has 5 atom stereocenters. The van der Waals surface area contributed by atoms with Gasteiger partial charge >= 0.3 is 0 Å². The Hall–Kier alpha value is -0.130. The van der Waals surface area contributed by atoms with Crippen LogP contribution in [0.4, 0.5) is 0 Å². The van der Waals surface area contributed by atoms with Gasteiger partial charge in [-0.2, -0.15) is 0 Å². The molecule has 82 valence electrons. The maximum absolute atomic E-state index is 11.0. The molecule has 2 bridgehead atoms. The summed E-state index contributed by atoms with van der Waals surface area (Å²) in [7, 11) is -2.53. The molecule has 0 saturated carbocycles. The normalized spacial score (nSPS) is 57.1. The number of thiol groups is 1. The molecule has 14 heavy (non-hydrogen) atoms. The van der Waals surface area contributed by atoms with Crippen molar-refractivity contribution in [3.05, 3.63) is 0 Å². The van der Waals surface area contributed by atoms with E-state index in [1.165, 1.54) is 0 Å². The molecule has 2 heterocycles. The molecule has 2 saturated heterocycles. The Morgan fingerprint density at radius 2 is 2.00 bits per heavy atom. The summed E-state index contributed by atoms with van der Waals surface area (Å²) in [5, 5.41) is 9.39. The summed E-state index contributed by atoms with van der Waals surface area (Å²) >= 11 is 0. The van der Waals surface area contributed by atoms with Crippen LogP contribution in [0.2, 0.25) is 0 Å². The number of aliphatic hydroxyl groups excluding tert-OH is 1. The number of fused-ring (bicyclic) bond motifs is 2. The highest BCUT2D eigenvalue weighted by atomic mass is 32.2. The summed E-state index contributed by atoms with van der Waals surface area (Å²) in [6.45, 7) is 5.48. The van der Waals surface area contributed by atoms with Crippen LogP contribution < -0.4 is 0 Å². The van der Waals surface area contributed by atoms with Gasteiger partial charge in [0.05, 0.1) is 17.0 Å². The monoisotopic (exact) mass is 220 g/mol. The SMILES string of the molecule is CC1C(O)C2(C)OC1(C)CC2[SH](=O)=O. The Labute approximate surface area is 85.2 Å². The average Bonchev–Trinajstić information content (AvgIpc) is 2.44. The molecule has 0 aromatic carbocycles. The maximum Gasteiger partial charge on any atom is 0.146 e. The quantitative estimate of drug-likeness (QED) is 0.606. The minimum Gasteiger partial charge on any atom is -0.390 e. The molecule has 2 fully saturated rings. The van der Waals surface area contributed by atoms with Gasteiger partial charge in [-0.3, -0.25) is 0 Å². The van der Waals surface area contributed by atoms with E-state index in [0.29, 0.717) is 6.42 Å². The van der Waals surface area contributed by atoms with Gasteiger partial charge in [0, 0.05) is 5.92 Å². The minimum absolute atomic E-state index is 0.00120. The van der Waals surface area contributed by atoms with E-state index >= 15 is 0 Å². The lowest BCUT2D eigenvalue weighted by molar-refractivity contribution is -0.0556. The molecule has 1 N–H and O–H groups in total.